The number of fused-ring (bicyclic) bond motifs is 1. The van der Waals surface area contributed by atoms with Crippen LogP contribution in [0.15, 0.2) is 73.8 Å². The Morgan fingerprint density at radius 1 is 1.09 bits per heavy atom. The van der Waals surface area contributed by atoms with Crippen LogP contribution in [0.2, 0.25) is 5.02 Å². The first-order valence-electron chi connectivity index (χ1n) is 15.4. The highest BCUT2D eigenvalue weighted by Crippen LogP contribution is 2.64. The minimum atomic E-state index is -1.19. The van der Waals surface area contributed by atoms with E-state index in [0.717, 1.165) is 11.1 Å². The number of nitrogens with zero attached hydrogens (tertiary/aromatic N) is 3. The Morgan fingerprint density at radius 3 is 2.45 bits per heavy atom. The lowest BCUT2D eigenvalue weighted by Crippen LogP contribution is -2.57. The van der Waals surface area contributed by atoms with Gasteiger partial charge in [0.2, 0.25) is 11.8 Å². The number of amides is 3. The number of aliphatic hydroxyl groups excluding tert-OH is 1. The van der Waals surface area contributed by atoms with Crippen molar-refractivity contribution in [3.8, 4) is 0 Å². The fraction of sp³-hybridized carbons (Fsp3) is 0.457. The highest BCUT2D eigenvalue weighted by molar-refractivity contribution is 6.34. The molecule has 9 heteroatoms. The number of halogens is 1. The molecule has 1 N–H and O–H groups in total. The number of carbonyl (C=O) groups is 3. The molecule has 8 nitrogen and oxygen atoms in total. The second kappa shape index (κ2) is 12.9. The van der Waals surface area contributed by atoms with Gasteiger partial charge in [-0.25, -0.2) is 0 Å². The molecule has 0 saturated carbocycles. The number of likely N-dealkylation sites (tertiary alicyclic amines) is 1. The van der Waals surface area contributed by atoms with Crippen LogP contribution in [-0.4, -0.2) is 76.1 Å². The smallest absolute Gasteiger partial charge is 0.253 e. The van der Waals surface area contributed by atoms with E-state index < -0.39 is 29.1 Å². The molecular formula is C35H42ClN3O5. The van der Waals surface area contributed by atoms with Crippen molar-refractivity contribution < 1.29 is 24.2 Å². The summed E-state index contributed by atoms with van der Waals surface area (Å²) in [5.74, 6) is -2.38. The number of rotatable bonds is 13. The number of hydrogen-bond acceptors (Lipinski definition) is 5. The van der Waals surface area contributed by atoms with Gasteiger partial charge in [-0.1, -0.05) is 73.1 Å². The number of hydrogen-bond donors (Lipinski definition) is 1. The molecule has 2 aromatic carbocycles. The molecule has 3 amide bonds. The van der Waals surface area contributed by atoms with Crippen molar-refractivity contribution in [1.82, 2.24) is 9.80 Å². The van der Waals surface area contributed by atoms with Crippen LogP contribution in [0.4, 0.5) is 5.69 Å². The Labute approximate surface area is 264 Å². The summed E-state index contributed by atoms with van der Waals surface area (Å²) in [4.78, 5) is 48.8. The van der Waals surface area contributed by atoms with E-state index in [1.54, 1.807) is 32.9 Å². The van der Waals surface area contributed by atoms with E-state index in [0.29, 0.717) is 49.5 Å². The molecule has 0 aliphatic carbocycles. The quantitative estimate of drug-likeness (QED) is 0.322. The topological polar surface area (TPSA) is 90.4 Å². The van der Waals surface area contributed by atoms with Crippen molar-refractivity contribution in [2.45, 2.75) is 63.3 Å². The summed E-state index contributed by atoms with van der Waals surface area (Å²) in [5.41, 5.74) is 0.264. The number of para-hydroxylation sites is 1. The van der Waals surface area contributed by atoms with E-state index >= 15 is 0 Å². The number of anilines is 1. The third-order valence-corrected chi connectivity index (χ3v) is 9.96. The zero-order chi connectivity index (χ0) is 31.6. The fourth-order valence-corrected chi connectivity index (χ4v) is 8.10. The van der Waals surface area contributed by atoms with Crippen LogP contribution in [0.5, 0.6) is 0 Å². The van der Waals surface area contributed by atoms with Gasteiger partial charge >= 0.3 is 0 Å². The highest BCUT2D eigenvalue weighted by Gasteiger charge is 2.79. The first kappa shape index (κ1) is 31.9. The summed E-state index contributed by atoms with van der Waals surface area (Å²) < 4.78 is 6.97. The van der Waals surface area contributed by atoms with Crippen molar-refractivity contribution >= 4 is 35.0 Å². The SMILES string of the molecule is C=CCN(Cc1ccccc1)C(=O)[C@H]1[C@H]2C(=O)N(CCCO)C(C(=O)N(CC=C)c3c(C)cccc3Cl)C23CC[C@]1(CC)O3. The van der Waals surface area contributed by atoms with E-state index in [-0.39, 0.29) is 37.4 Å². The van der Waals surface area contributed by atoms with Crippen LogP contribution in [-0.2, 0) is 25.7 Å². The fourth-order valence-electron chi connectivity index (χ4n) is 7.78. The van der Waals surface area contributed by atoms with Crippen LogP contribution in [0.25, 0.3) is 0 Å². The molecule has 3 saturated heterocycles. The molecule has 2 unspecified atom stereocenters. The van der Waals surface area contributed by atoms with Gasteiger partial charge in [-0.2, -0.15) is 0 Å². The summed E-state index contributed by atoms with van der Waals surface area (Å²) in [5, 5.41) is 10.2. The Balaban J connectivity index is 1.60. The maximum Gasteiger partial charge on any atom is 0.253 e. The average molecular weight is 620 g/mol. The molecule has 5 rings (SSSR count). The molecule has 0 aromatic heterocycles. The maximum absolute atomic E-state index is 14.8. The molecule has 3 aliphatic rings. The number of ether oxygens (including phenoxy) is 1. The lowest BCUT2D eigenvalue weighted by Gasteiger charge is -2.37. The van der Waals surface area contributed by atoms with Crippen molar-refractivity contribution in [2.75, 3.05) is 31.1 Å². The van der Waals surface area contributed by atoms with Gasteiger partial charge in [0.15, 0.2) is 0 Å². The summed E-state index contributed by atoms with van der Waals surface area (Å²) in [6, 6.07) is 14.2. The molecule has 3 fully saturated rings. The van der Waals surface area contributed by atoms with Crippen molar-refractivity contribution in [1.29, 1.82) is 0 Å². The van der Waals surface area contributed by atoms with Gasteiger partial charge in [-0.15, -0.1) is 13.2 Å². The second-order valence-electron chi connectivity index (χ2n) is 12.1. The predicted molar refractivity (Wildman–Crippen MR) is 171 cm³/mol. The van der Waals surface area contributed by atoms with Gasteiger partial charge in [0, 0.05) is 32.8 Å². The molecule has 5 atom stereocenters. The Hall–Kier alpha value is -3.46. The second-order valence-corrected chi connectivity index (χ2v) is 12.5. The summed E-state index contributed by atoms with van der Waals surface area (Å²) in [6.07, 6.45) is 5.17. The summed E-state index contributed by atoms with van der Waals surface area (Å²) >= 11 is 6.66. The number of benzene rings is 2. The first-order valence-corrected chi connectivity index (χ1v) is 15.8. The third-order valence-electron chi connectivity index (χ3n) is 9.65. The standard InChI is InChI=1S/C35H42ClN3O5/c1-5-19-37(23-25-14-9-8-10-15-25)31(41)27-28-32(42)39(21-12-22-40)30(35(28)18-17-34(27,7-3)44-35)33(43)38(20-6-2)29-24(4)13-11-16-26(29)36/h5-6,8-11,13-16,27-28,30,40H,1-2,7,12,17-23H2,3-4H3/t27-,28+,30?,34+,35?/m1/s1. The molecule has 44 heavy (non-hydrogen) atoms. The molecule has 0 radical (unpaired) electrons. The monoisotopic (exact) mass is 619 g/mol. The third kappa shape index (κ3) is 5.17. The summed E-state index contributed by atoms with van der Waals surface area (Å²) in [6.45, 7) is 12.5. The molecule has 2 aromatic rings. The Kier molecular flexibility index (Phi) is 9.35. The first-order chi connectivity index (χ1) is 21.2. The van der Waals surface area contributed by atoms with Crippen LogP contribution >= 0.6 is 11.6 Å². The number of aliphatic hydroxyl groups is 1. The van der Waals surface area contributed by atoms with Crippen molar-refractivity contribution in [2.24, 2.45) is 11.8 Å². The van der Waals surface area contributed by atoms with Gasteiger partial charge in [0.05, 0.1) is 28.1 Å². The van der Waals surface area contributed by atoms with E-state index in [1.807, 2.05) is 56.3 Å². The van der Waals surface area contributed by atoms with Crippen LogP contribution in [0, 0.1) is 18.8 Å². The molecule has 2 bridgehead atoms. The molecule has 3 heterocycles. The van der Waals surface area contributed by atoms with E-state index in [4.69, 9.17) is 16.3 Å². The Bertz CT molecular complexity index is 1410. The Morgan fingerprint density at radius 2 is 1.82 bits per heavy atom. The zero-order valence-electron chi connectivity index (χ0n) is 25.6. The van der Waals surface area contributed by atoms with Crippen molar-refractivity contribution in [3.05, 3.63) is 90.0 Å². The van der Waals surface area contributed by atoms with Crippen molar-refractivity contribution in [3.63, 3.8) is 0 Å². The lowest BCUT2D eigenvalue weighted by atomic mass is 9.64. The van der Waals surface area contributed by atoms with Gasteiger partial charge in [0.25, 0.3) is 5.91 Å². The average Bonchev–Trinajstić information content (AvgIpc) is 3.62. The predicted octanol–water partition coefficient (Wildman–Crippen LogP) is 4.92. The van der Waals surface area contributed by atoms with Gasteiger partial charge in [-0.3, -0.25) is 14.4 Å². The normalized spacial score (nSPS) is 26.9. The molecular weight excluding hydrogens is 578 g/mol. The van der Waals surface area contributed by atoms with Gasteiger partial charge in [-0.05, 0) is 49.8 Å². The van der Waals surface area contributed by atoms with Crippen LogP contribution in [0.3, 0.4) is 0 Å². The van der Waals surface area contributed by atoms with Crippen LogP contribution < -0.4 is 4.90 Å². The largest absolute Gasteiger partial charge is 0.396 e. The van der Waals surface area contributed by atoms with E-state index in [2.05, 4.69) is 13.2 Å². The minimum Gasteiger partial charge on any atom is -0.396 e. The maximum atomic E-state index is 14.8. The zero-order valence-corrected chi connectivity index (χ0v) is 26.3. The molecule has 1 spiro atoms. The highest BCUT2D eigenvalue weighted by atomic mass is 35.5. The van der Waals surface area contributed by atoms with E-state index in [1.165, 1.54) is 0 Å². The minimum absolute atomic E-state index is 0.144. The summed E-state index contributed by atoms with van der Waals surface area (Å²) in [7, 11) is 0. The van der Waals surface area contributed by atoms with Gasteiger partial charge in [0.1, 0.15) is 11.6 Å². The van der Waals surface area contributed by atoms with Gasteiger partial charge < -0.3 is 24.5 Å². The lowest BCUT2D eigenvalue weighted by molar-refractivity contribution is -0.151. The molecule has 234 valence electrons. The van der Waals surface area contributed by atoms with E-state index in [9.17, 15) is 19.5 Å². The van der Waals surface area contributed by atoms with Crippen LogP contribution in [0.1, 0.15) is 43.7 Å². The molecule has 3 aliphatic heterocycles. The number of carbonyl (C=O) groups excluding carboxylic acids is 3. The number of aryl methyl sites for hydroxylation is 1.